The molecule has 0 unspecified atom stereocenters. The Hall–Kier alpha value is -1.88. The van der Waals surface area contributed by atoms with Gasteiger partial charge in [-0.15, -0.1) is 0 Å². The van der Waals surface area contributed by atoms with Crippen molar-refractivity contribution in [1.29, 1.82) is 0 Å². The largest absolute Gasteiger partial charge is 0.343 e. The first-order valence-corrected chi connectivity index (χ1v) is 7.42. The van der Waals surface area contributed by atoms with Gasteiger partial charge in [0.1, 0.15) is 0 Å². The van der Waals surface area contributed by atoms with Crippen molar-refractivity contribution in [2.75, 3.05) is 31.5 Å². The zero-order valence-electron chi connectivity index (χ0n) is 13.1. The second kappa shape index (κ2) is 9.13. The fourth-order valence-electron chi connectivity index (χ4n) is 2.04. The van der Waals surface area contributed by atoms with Crippen molar-refractivity contribution in [2.45, 2.75) is 27.2 Å². The number of anilines is 1. The normalized spacial score (nSPS) is 10.2. The number of nitrogens with zero attached hydrogens (tertiary/aromatic N) is 1. The van der Waals surface area contributed by atoms with Gasteiger partial charge in [0.2, 0.25) is 11.8 Å². The molecular weight excluding hydrogens is 266 g/mol. The van der Waals surface area contributed by atoms with Crippen LogP contribution in [0.1, 0.15) is 25.8 Å². The highest BCUT2D eigenvalue weighted by Gasteiger charge is 2.09. The molecule has 0 bridgehead atoms. The molecule has 0 spiro atoms. The minimum atomic E-state index is -0.0976. The number of para-hydroxylation sites is 1. The van der Waals surface area contributed by atoms with E-state index < -0.39 is 0 Å². The van der Waals surface area contributed by atoms with Gasteiger partial charge in [0.15, 0.2) is 0 Å². The summed E-state index contributed by atoms with van der Waals surface area (Å²) < 4.78 is 0. The minimum Gasteiger partial charge on any atom is -0.343 e. The second-order valence-corrected chi connectivity index (χ2v) is 4.86. The van der Waals surface area contributed by atoms with Crippen LogP contribution in [0.3, 0.4) is 0 Å². The summed E-state index contributed by atoms with van der Waals surface area (Å²) in [5.41, 5.74) is 1.85. The first-order chi connectivity index (χ1) is 10.1. The van der Waals surface area contributed by atoms with Gasteiger partial charge in [0.05, 0.1) is 6.54 Å². The van der Waals surface area contributed by atoms with Crippen LogP contribution in [0.15, 0.2) is 24.3 Å². The molecule has 116 valence electrons. The van der Waals surface area contributed by atoms with Gasteiger partial charge >= 0.3 is 0 Å². The van der Waals surface area contributed by atoms with E-state index in [2.05, 4.69) is 10.6 Å². The van der Waals surface area contributed by atoms with E-state index in [1.165, 1.54) is 0 Å². The van der Waals surface area contributed by atoms with Gasteiger partial charge < -0.3 is 15.5 Å². The molecular formula is C16H25N3O2. The third-order valence-corrected chi connectivity index (χ3v) is 3.34. The van der Waals surface area contributed by atoms with E-state index in [9.17, 15) is 9.59 Å². The maximum atomic E-state index is 11.8. The van der Waals surface area contributed by atoms with Gasteiger partial charge in [-0.3, -0.25) is 9.59 Å². The lowest BCUT2D eigenvalue weighted by Crippen LogP contribution is -2.35. The molecule has 2 N–H and O–H groups in total. The van der Waals surface area contributed by atoms with E-state index in [0.717, 1.165) is 24.3 Å². The quantitative estimate of drug-likeness (QED) is 0.718. The Labute approximate surface area is 126 Å². The Morgan fingerprint density at radius 1 is 1.14 bits per heavy atom. The predicted molar refractivity (Wildman–Crippen MR) is 85.2 cm³/mol. The van der Waals surface area contributed by atoms with Gasteiger partial charge in [0.25, 0.3) is 0 Å². The van der Waals surface area contributed by atoms with Crippen LogP contribution >= 0.6 is 0 Å². The van der Waals surface area contributed by atoms with E-state index in [0.29, 0.717) is 13.0 Å². The molecule has 21 heavy (non-hydrogen) atoms. The summed E-state index contributed by atoms with van der Waals surface area (Å²) in [6, 6.07) is 7.64. The third kappa shape index (κ3) is 5.95. The Bertz CT molecular complexity index is 470. The standard InChI is InChI=1S/C16H25N3O2/c1-4-19(5-2)16(21)10-11-17-12-15(20)18-14-9-7-6-8-13(14)3/h6-9,17H,4-5,10-12H2,1-3H3,(H,18,20). The average molecular weight is 291 g/mol. The van der Waals surface area contributed by atoms with Crippen molar-refractivity contribution in [3.63, 3.8) is 0 Å². The predicted octanol–water partition coefficient (Wildman–Crippen LogP) is 1.78. The number of aryl methyl sites for hydroxylation is 1. The molecule has 1 rings (SSSR count). The first kappa shape index (κ1) is 17.2. The van der Waals surface area contributed by atoms with E-state index in [1.54, 1.807) is 4.90 Å². The summed E-state index contributed by atoms with van der Waals surface area (Å²) >= 11 is 0. The minimum absolute atomic E-state index is 0.0976. The molecule has 0 aliphatic heterocycles. The molecule has 0 fully saturated rings. The molecule has 0 saturated carbocycles. The van der Waals surface area contributed by atoms with Crippen LogP contribution in [0.5, 0.6) is 0 Å². The number of benzene rings is 1. The van der Waals surface area contributed by atoms with E-state index in [1.807, 2.05) is 45.0 Å². The van der Waals surface area contributed by atoms with Gasteiger partial charge in [-0.1, -0.05) is 18.2 Å². The highest BCUT2D eigenvalue weighted by atomic mass is 16.2. The number of rotatable bonds is 8. The summed E-state index contributed by atoms with van der Waals surface area (Å²) in [6.45, 7) is 8.04. The molecule has 1 aromatic carbocycles. The van der Waals surface area contributed by atoms with Crippen LogP contribution in [0, 0.1) is 6.92 Å². The molecule has 0 aliphatic rings. The number of hydrogen-bond acceptors (Lipinski definition) is 3. The highest BCUT2D eigenvalue weighted by molar-refractivity contribution is 5.92. The number of carbonyl (C=O) groups is 2. The maximum absolute atomic E-state index is 11.8. The van der Waals surface area contributed by atoms with Crippen LogP contribution in [-0.2, 0) is 9.59 Å². The van der Waals surface area contributed by atoms with Crippen molar-refractivity contribution in [1.82, 2.24) is 10.2 Å². The van der Waals surface area contributed by atoms with Gasteiger partial charge in [0, 0.05) is 31.7 Å². The fraction of sp³-hybridized carbons (Fsp3) is 0.500. The SMILES string of the molecule is CCN(CC)C(=O)CCNCC(=O)Nc1ccccc1C. The zero-order valence-corrected chi connectivity index (χ0v) is 13.1. The maximum Gasteiger partial charge on any atom is 0.238 e. The van der Waals surface area contributed by atoms with Crippen molar-refractivity contribution in [3.05, 3.63) is 29.8 Å². The van der Waals surface area contributed by atoms with Gasteiger partial charge in [-0.2, -0.15) is 0 Å². The number of nitrogens with one attached hydrogen (secondary N) is 2. The molecule has 0 aromatic heterocycles. The molecule has 5 heteroatoms. The summed E-state index contributed by atoms with van der Waals surface area (Å²) in [4.78, 5) is 25.3. The molecule has 1 aromatic rings. The van der Waals surface area contributed by atoms with Crippen LogP contribution in [0.25, 0.3) is 0 Å². The Balaban J connectivity index is 2.25. The Kier molecular flexibility index (Phi) is 7.46. The first-order valence-electron chi connectivity index (χ1n) is 7.42. The van der Waals surface area contributed by atoms with Crippen molar-refractivity contribution in [2.24, 2.45) is 0 Å². The van der Waals surface area contributed by atoms with Crippen molar-refractivity contribution < 1.29 is 9.59 Å². The second-order valence-electron chi connectivity index (χ2n) is 4.86. The van der Waals surface area contributed by atoms with E-state index in [4.69, 9.17) is 0 Å². The van der Waals surface area contributed by atoms with Gasteiger partial charge in [-0.05, 0) is 32.4 Å². The molecule has 0 radical (unpaired) electrons. The van der Waals surface area contributed by atoms with Crippen LogP contribution in [0.4, 0.5) is 5.69 Å². The topological polar surface area (TPSA) is 61.4 Å². The average Bonchev–Trinajstić information content (AvgIpc) is 2.47. The lowest BCUT2D eigenvalue weighted by atomic mass is 10.2. The van der Waals surface area contributed by atoms with Gasteiger partial charge in [-0.25, -0.2) is 0 Å². The molecule has 2 amide bonds. The van der Waals surface area contributed by atoms with Crippen molar-refractivity contribution in [3.8, 4) is 0 Å². The van der Waals surface area contributed by atoms with Crippen molar-refractivity contribution >= 4 is 17.5 Å². The smallest absolute Gasteiger partial charge is 0.238 e. The summed E-state index contributed by atoms with van der Waals surface area (Å²) in [6.07, 6.45) is 0.416. The molecule has 0 saturated heterocycles. The number of carbonyl (C=O) groups excluding carboxylic acids is 2. The van der Waals surface area contributed by atoms with Crippen LogP contribution in [0.2, 0.25) is 0 Å². The van der Waals surface area contributed by atoms with E-state index in [-0.39, 0.29) is 18.4 Å². The highest BCUT2D eigenvalue weighted by Crippen LogP contribution is 2.12. The zero-order chi connectivity index (χ0) is 15.7. The lowest BCUT2D eigenvalue weighted by Gasteiger charge is -2.18. The molecule has 5 nitrogen and oxygen atoms in total. The third-order valence-electron chi connectivity index (χ3n) is 3.34. The van der Waals surface area contributed by atoms with E-state index >= 15 is 0 Å². The fourth-order valence-corrected chi connectivity index (χ4v) is 2.04. The number of amides is 2. The monoisotopic (exact) mass is 291 g/mol. The van der Waals surface area contributed by atoms with Crippen LogP contribution in [-0.4, -0.2) is 42.9 Å². The summed E-state index contributed by atoms with van der Waals surface area (Å²) in [5, 5.41) is 5.85. The number of hydrogen-bond donors (Lipinski definition) is 2. The Morgan fingerprint density at radius 2 is 1.81 bits per heavy atom. The molecule has 0 aliphatic carbocycles. The molecule has 0 heterocycles. The Morgan fingerprint density at radius 3 is 2.43 bits per heavy atom. The summed E-state index contributed by atoms with van der Waals surface area (Å²) in [7, 11) is 0. The lowest BCUT2D eigenvalue weighted by molar-refractivity contribution is -0.130. The van der Waals surface area contributed by atoms with Crippen LogP contribution < -0.4 is 10.6 Å². The summed E-state index contributed by atoms with van der Waals surface area (Å²) in [5.74, 6) is 0.0198. The molecule has 0 atom stereocenters.